The van der Waals surface area contributed by atoms with Gasteiger partial charge in [0.15, 0.2) is 5.78 Å². The second kappa shape index (κ2) is 7.10. The first-order valence-corrected chi connectivity index (χ1v) is 4.14. The van der Waals surface area contributed by atoms with Gasteiger partial charge in [0, 0.05) is 17.8 Å². The largest absolute Gasteiger partial charge is 0.295 e. The van der Waals surface area contributed by atoms with Crippen molar-refractivity contribution >= 4 is 29.0 Å². The summed E-state index contributed by atoms with van der Waals surface area (Å²) in [6.07, 6.45) is 3.67. The maximum atomic E-state index is 10.7. The van der Waals surface area contributed by atoms with E-state index in [-0.39, 0.29) is 5.78 Å². The highest BCUT2D eigenvalue weighted by atomic mass is 35.5. The zero-order chi connectivity index (χ0) is 7.82. The van der Waals surface area contributed by atoms with Crippen molar-refractivity contribution < 1.29 is 4.79 Å². The predicted molar refractivity (Wildman–Crippen MR) is 44.6 cm³/mol. The van der Waals surface area contributed by atoms with E-state index < -0.39 is 0 Å². The van der Waals surface area contributed by atoms with Crippen LogP contribution in [0, 0.1) is 0 Å². The van der Waals surface area contributed by atoms with Gasteiger partial charge in [-0.1, -0.05) is 11.6 Å². The van der Waals surface area contributed by atoms with Gasteiger partial charge in [0.05, 0.1) is 0 Å². The van der Waals surface area contributed by atoms with Crippen molar-refractivity contribution in [2.45, 2.75) is 19.3 Å². The Morgan fingerprint density at radius 2 is 2.10 bits per heavy atom. The number of halogens is 2. The van der Waals surface area contributed by atoms with Gasteiger partial charge in [0.25, 0.3) is 0 Å². The summed E-state index contributed by atoms with van der Waals surface area (Å²) < 4.78 is 0. The van der Waals surface area contributed by atoms with Crippen LogP contribution in [-0.4, -0.2) is 11.7 Å². The highest BCUT2D eigenvalue weighted by molar-refractivity contribution is 6.26. The Bertz CT molecular complexity index is 121. The number of alkyl halides is 1. The van der Waals surface area contributed by atoms with E-state index in [1.807, 2.05) is 0 Å². The lowest BCUT2D eigenvalue weighted by Gasteiger charge is -1.91. The fourth-order valence-electron chi connectivity index (χ4n) is 0.547. The van der Waals surface area contributed by atoms with Crippen LogP contribution >= 0.6 is 23.2 Å². The predicted octanol–water partition coefficient (Wildman–Crippen LogP) is 2.72. The molecule has 0 amide bonds. The molecule has 0 spiro atoms. The topological polar surface area (TPSA) is 17.1 Å². The number of carbonyl (C=O) groups is 1. The van der Waals surface area contributed by atoms with Crippen molar-refractivity contribution in [1.29, 1.82) is 0 Å². The van der Waals surface area contributed by atoms with Gasteiger partial charge in [-0.25, -0.2) is 0 Å². The highest BCUT2D eigenvalue weighted by Gasteiger charge is 1.94. The van der Waals surface area contributed by atoms with Gasteiger partial charge in [-0.3, -0.25) is 4.79 Å². The van der Waals surface area contributed by atoms with Crippen molar-refractivity contribution in [3.05, 3.63) is 11.6 Å². The average Bonchev–Trinajstić information content (AvgIpc) is 1.89. The van der Waals surface area contributed by atoms with Gasteiger partial charge in [0.1, 0.15) is 0 Å². The maximum absolute atomic E-state index is 10.7. The second-order valence-corrected chi connectivity index (χ2v) is 2.53. The zero-order valence-electron chi connectivity index (χ0n) is 5.65. The molecule has 0 saturated carbocycles. The normalized spacial score (nSPS) is 10.6. The molecule has 58 valence electrons. The van der Waals surface area contributed by atoms with Crippen molar-refractivity contribution in [3.8, 4) is 0 Å². The van der Waals surface area contributed by atoms with Gasteiger partial charge in [-0.15, -0.1) is 11.6 Å². The molecule has 0 aliphatic heterocycles. The number of allylic oxidation sites excluding steroid dienone is 1. The van der Waals surface area contributed by atoms with Crippen molar-refractivity contribution in [2.75, 3.05) is 5.88 Å². The van der Waals surface area contributed by atoms with Crippen LogP contribution < -0.4 is 0 Å². The SMILES string of the molecule is O=C(/C=C/Cl)CCCCCl. The Morgan fingerprint density at radius 1 is 1.40 bits per heavy atom. The third-order valence-corrected chi connectivity index (χ3v) is 1.45. The Balaban J connectivity index is 3.22. The van der Waals surface area contributed by atoms with Crippen LogP contribution in [0.5, 0.6) is 0 Å². The molecule has 0 aliphatic carbocycles. The molecule has 0 radical (unpaired) electrons. The fraction of sp³-hybridized carbons (Fsp3) is 0.571. The summed E-state index contributed by atoms with van der Waals surface area (Å²) in [5.74, 6) is 0.692. The summed E-state index contributed by atoms with van der Waals surface area (Å²) in [4.78, 5) is 10.7. The summed E-state index contributed by atoms with van der Waals surface area (Å²) in [6, 6.07) is 0. The summed E-state index contributed by atoms with van der Waals surface area (Å²) in [6.45, 7) is 0. The lowest BCUT2D eigenvalue weighted by Crippen LogP contribution is -1.91. The van der Waals surface area contributed by atoms with Gasteiger partial charge in [0.2, 0.25) is 0 Å². The highest BCUT2D eigenvalue weighted by Crippen LogP contribution is 1.99. The molecular weight excluding hydrogens is 171 g/mol. The molecule has 0 heterocycles. The number of hydrogen-bond acceptors (Lipinski definition) is 1. The van der Waals surface area contributed by atoms with E-state index >= 15 is 0 Å². The molecule has 0 bridgehead atoms. The molecule has 0 rings (SSSR count). The average molecular weight is 181 g/mol. The molecule has 0 unspecified atom stereocenters. The molecule has 1 nitrogen and oxygen atoms in total. The standard InChI is InChI=1S/C7H10Cl2O/c8-5-2-1-3-7(10)4-6-9/h4,6H,1-3,5H2/b6-4+. The molecule has 0 aliphatic rings. The number of rotatable bonds is 5. The van der Waals surface area contributed by atoms with Crippen LogP contribution in [0.25, 0.3) is 0 Å². The van der Waals surface area contributed by atoms with Crippen LogP contribution in [0.1, 0.15) is 19.3 Å². The van der Waals surface area contributed by atoms with Gasteiger partial charge >= 0.3 is 0 Å². The van der Waals surface area contributed by atoms with Crippen LogP contribution in [0.3, 0.4) is 0 Å². The summed E-state index contributed by atoms with van der Waals surface area (Å²) in [7, 11) is 0. The number of hydrogen-bond donors (Lipinski definition) is 0. The zero-order valence-corrected chi connectivity index (χ0v) is 7.16. The van der Waals surface area contributed by atoms with Crippen LogP contribution in [0.4, 0.5) is 0 Å². The minimum Gasteiger partial charge on any atom is -0.295 e. The van der Waals surface area contributed by atoms with E-state index in [1.54, 1.807) is 0 Å². The van der Waals surface area contributed by atoms with Crippen LogP contribution in [-0.2, 0) is 4.79 Å². The third kappa shape index (κ3) is 6.12. The number of unbranched alkanes of at least 4 members (excludes halogenated alkanes) is 1. The molecule has 0 aromatic rings. The Kier molecular flexibility index (Phi) is 7.09. The molecule has 0 N–H and O–H groups in total. The first-order valence-electron chi connectivity index (χ1n) is 3.17. The summed E-state index contributed by atoms with van der Waals surface area (Å²) in [5, 5.41) is 0. The molecule has 0 aromatic heterocycles. The van der Waals surface area contributed by atoms with E-state index in [0.717, 1.165) is 12.8 Å². The van der Waals surface area contributed by atoms with Crippen LogP contribution in [0.2, 0.25) is 0 Å². The maximum Gasteiger partial charge on any atom is 0.156 e. The summed E-state index contributed by atoms with van der Waals surface area (Å²) in [5.41, 5.74) is 1.24. The van der Waals surface area contributed by atoms with Crippen molar-refractivity contribution in [2.24, 2.45) is 0 Å². The van der Waals surface area contributed by atoms with Crippen LogP contribution in [0.15, 0.2) is 11.6 Å². The quantitative estimate of drug-likeness (QED) is 0.362. The lowest BCUT2D eigenvalue weighted by atomic mass is 10.2. The molecule has 0 fully saturated rings. The molecule has 0 atom stereocenters. The van der Waals surface area contributed by atoms with Gasteiger partial charge < -0.3 is 0 Å². The van der Waals surface area contributed by atoms with Crippen molar-refractivity contribution in [1.82, 2.24) is 0 Å². The third-order valence-electron chi connectivity index (χ3n) is 1.06. The Morgan fingerprint density at radius 3 is 2.60 bits per heavy atom. The minimum absolute atomic E-state index is 0.0696. The lowest BCUT2D eigenvalue weighted by molar-refractivity contribution is -0.114. The van der Waals surface area contributed by atoms with Crippen molar-refractivity contribution in [3.63, 3.8) is 0 Å². The van der Waals surface area contributed by atoms with E-state index in [0.29, 0.717) is 12.3 Å². The smallest absolute Gasteiger partial charge is 0.156 e. The van der Waals surface area contributed by atoms with E-state index in [4.69, 9.17) is 23.2 Å². The first kappa shape index (κ1) is 9.99. The molecular formula is C7H10Cl2O. The van der Waals surface area contributed by atoms with E-state index in [1.165, 1.54) is 11.6 Å². The second-order valence-electron chi connectivity index (χ2n) is 1.91. The molecule has 0 aromatic carbocycles. The summed E-state index contributed by atoms with van der Waals surface area (Å²) >= 11 is 10.6. The van der Waals surface area contributed by atoms with E-state index in [2.05, 4.69) is 0 Å². The monoisotopic (exact) mass is 180 g/mol. The first-order chi connectivity index (χ1) is 4.81. The Labute approximate surface area is 71.0 Å². The molecule has 10 heavy (non-hydrogen) atoms. The fourth-order valence-corrected chi connectivity index (χ4v) is 0.877. The van der Waals surface area contributed by atoms with E-state index in [9.17, 15) is 4.79 Å². The molecule has 0 saturated heterocycles. The van der Waals surface area contributed by atoms with Gasteiger partial charge in [-0.2, -0.15) is 0 Å². The van der Waals surface area contributed by atoms with Gasteiger partial charge in [-0.05, 0) is 18.9 Å². The number of carbonyl (C=O) groups excluding carboxylic acids is 1. The molecule has 3 heteroatoms. The Hall–Kier alpha value is -0.0100. The minimum atomic E-state index is 0.0696. The number of ketones is 1.